The van der Waals surface area contributed by atoms with Crippen LogP contribution in [0.15, 0.2) is 0 Å². The first-order valence-corrected chi connectivity index (χ1v) is 3.95. The molecular formula is C5H8ClN5O. The Balaban J connectivity index is 2.27. The van der Waals surface area contributed by atoms with E-state index in [2.05, 4.69) is 25.9 Å². The molecule has 0 aliphatic rings. The van der Waals surface area contributed by atoms with Gasteiger partial charge in [0.15, 0.2) is 0 Å². The first-order valence-electron chi connectivity index (χ1n) is 3.42. The van der Waals surface area contributed by atoms with Crippen molar-refractivity contribution in [3.05, 3.63) is 0 Å². The highest BCUT2D eigenvalue weighted by Gasteiger charge is 2.03. The summed E-state index contributed by atoms with van der Waals surface area (Å²) in [4.78, 5) is 11.0. The number of nitrogens with zero attached hydrogens (tertiary/aromatic N) is 3. The van der Waals surface area contributed by atoms with Crippen molar-refractivity contribution < 1.29 is 4.79 Å². The molecule has 0 aliphatic carbocycles. The third kappa shape index (κ3) is 2.83. The van der Waals surface area contributed by atoms with E-state index in [9.17, 15) is 4.79 Å². The maximum atomic E-state index is 11.0. The number of carbonyl (C=O) groups excluding carboxylic acids is 1. The van der Waals surface area contributed by atoms with E-state index >= 15 is 0 Å². The van der Waals surface area contributed by atoms with Crippen LogP contribution in [0.4, 0.5) is 5.95 Å². The summed E-state index contributed by atoms with van der Waals surface area (Å²) >= 11 is 5.40. The smallest absolute Gasteiger partial charge is 0.269 e. The first-order chi connectivity index (χ1) is 5.83. The zero-order chi connectivity index (χ0) is 8.81. The topological polar surface area (TPSA) is 83.6 Å². The van der Waals surface area contributed by atoms with Crippen molar-refractivity contribution in [1.29, 1.82) is 0 Å². The minimum atomic E-state index is -0.156. The van der Waals surface area contributed by atoms with E-state index in [-0.39, 0.29) is 11.9 Å². The minimum Gasteiger partial charge on any atom is -0.292 e. The van der Waals surface area contributed by atoms with Gasteiger partial charge in [-0.25, -0.2) is 0 Å². The number of tetrazole rings is 1. The summed E-state index contributed by atoms with van der Waals surface area (Å²) in [5.41, 5.74) is 0. The molecule has 6 nitrogen and oxygen atoms in total. The maximum absolute atomic E-state index is 11.0. The van der Waals surface area contributed by atoms with Crippen molar-refractivity contribution in [1.82, 2.24) is 20.6 Å². The Hall–Kier alpha value is -1.17. The Labute approximate surface area is 73.7 Å². The molecule has 0 atom stereocenters. The Morgan fingerprint density at radius 3 is 3.08 bits per heavy atom. The molecule has 66 valence electrons. The predicted octanol–water partition coefficient (Wildman–Crippen LogP) is 0.157. The van der Waals surface area contributed by atoms with E-state index in [4.69, 9.17) is 11.6 Å². The van der Waals surface area contributed by atoms with Gasteiger partial charge in [-0.3, -0.25) is 10.1 Å². The van der Waals surface area contributed by atoms with Gasteiger partial charge in [0, 0.05) is 12.3 Å². The third-order valence-corrected chi connectivity index (χ3v) is 1.40. The van der Waals surface area contributed by atoms with Gasteiger partial charge in [-0.1, -0.05) is 5.10 Å². The van der Waals surface area contributed by atoms with Crippen LogP contribution in [-0.2, 0) is 4.79 Å². The van der Waals surface area contributed by atoms with Gasteiger partial charge in [-0.15, -0.1) is 16.7 Å². The number of alkyl halides is 1. The van der Waals surface area contributed by atoms with Crippen LogP contribution in [-0.4, -0.2) is 32.4 Å². The molecule has 7 heteroatoms. The van der Waals surface area contributed by atoms with Gasteiger partial charge in [-0.2, -0.15) is 5.21 Å². The first kappa shape index (κ1) is 8.92. The van der Waals surface area contributed by atoms with Gasteiger partial charge in [0.25, 0.3) is 5.95 Å². The van der Waals surface area contributed by atoms with Crippen LogP contribution < -0.4 is 5.32 Å². The second-order valence-electron chi connectivity index (χ2n) is 2.08. The summed E-state index contributed by atoms with van der Waals surface area (Å²) in [5, 5.41) is 15.0. The van der Waals surface area contributed by atoms with Crippen molar-refractivity contribution in [2.24, 2.45) is 0 Å². The average molecular weight is 190 g/mol. The second-order valence-corrected chi connectivity index (χ2v) is 2.45. The number of rotatable bonds is 4. The summed E-state index contributed by atoms with van der Waals surface area (Å²) in [6, 6.07) is 0. The molecule has 1 heterocycles. The largest absolute Gasteiger partial charge is 0.292 e. The van der Waals surface area contributed by atoms with Gasteiger partial charge in [-0.05, 0) is 11.6 Å². The zero-order valence-corrected chi connectivity index (χ0v) is 7.01. The van der Waals surface area contributed by atoms with E-state index in [1.807, 2.05) is 0 Å². The molecule has 0 aliphatic heterocycles. The highest BCUT2D eigenvalue weighted by molar-refractivity contribution is 6.18. The molecule has 0 fully saturated rings. The maximum Gasteiger partial charge on any atom is 0.269 e. The molecule has 0 aromatic carbocycles. The molecule has 0 bridgehead atoms. The van der Waals surface area contributed by atoms with Crippen LogP contribution >= 0.6 is 11.6 Å². The minimum absolute atomic E-state index is 0.156. The lowest BCUT2D eigenvalue weighted by molar-refractivity contribution is -0.116. The van der Waals surface area contributed by atoms with Crippen molar-refractivity contribution in [2.45, 2.75) is 12.8 Å². The van der Waals surface area contributed by atoms with Gasteiger partial charge in [0.1, 0.15) is 0 Å². The summed E-state index contributed by atoms with van der Waals surface area (Å²) in [6.07, 6.45) is 1.02. The zero-order valence-electron chi connectivity index (χ0n) is 6.25. The van der Waals surface area contributed by atoms with Crippen LogP contribution in [0.1, 0.15) is 12.8 Å². The lowest BCUT2D eigenvalue weighted by atomic mass is 10.3. The monoisotopic (exact) mass is 189 g/mol. The molecule has 1 aromatic rings. The number of anilines is 1. The van der Waals surface area contributed by atoms with Crippen LogP contribution in [0.3, 0.4) is 0 Å². The fraction of sp³-hybridized carbons (Fsp3) is 0.600. The Kier molecular flexibility index (Phi) is 3.46. The highest BCUT2D eigenvalue weighted by Crippen LogP contribution is 1.96. The van der Waals surface area contributed by atoms with E-state index in [1.54, 1.807) is 0 Å². The average Bonchev–Trinajstić information content (AvgIpc) is 2.53. The van der Waals surface area contributed by atoms with Gasteiger partial charge in [0.2, 0.25) is 5.91 Å². The molecule has 1 aromatic heterocycles. The molecule has 0 unspecified atom stereocenters. The molecule has 0 saturated carbocycles. The fourth-order valence-corrected chi connectivity index (χ4v) is 0.763. The van der Waals surface area contributed by atoms with Gasteiger partial charge >= 0.3 is 0 Å². The molecule has 0 saturated heterocycles. The number of aromatic nitrogens is 4. The predicted molar refractivity (Wildman–Crippen MR) is 42.8 cm³/mol. The Morgan fingerprint density at radius 1 is 1.67 bits per heavy atom. The summed E-state index contributed by atoms with van der Waals surface area (Å²) < 4.78 is 0. The third-order valence-electron chi connectivity index (χ3n) is 1.13. The number of H-pyrrole nitrogens is 1. The SMILES string of the molecule is O=C(CCCCl)Nc1nn[nH]n1. The van der Waals surface area contributed by atoms with Crippen molar-refractivity contribution >= 4 is 23.5 Å². The van der Waals surface area contributed by atoms with Gasteiger partial charge < -0.3 is 0 Å². The Morgan fingerprint density at radius 2 is 2.50 bits per heavy atom. The van der Waals surface area contributed by atoms with Crippen molar-refractivity contribution in [3.63, 3.8) is 0 Å². The number of amides is 1. The molecule has 0 spiro atoms. The number of halogens is 1. The van der Waals surface area contributed by atoms with Gasteiger partial charge in [0.05, 0.1) is 0 Å². The lowest BCUT2D eigenvalue weighted by Gasteiger charge is -1.96. The van der Waals surface area contributed by atoms with Crippen LogP contribution in [0.5, 0.6) is 0 Å². The molecule has 1 rings (SSSR count). The van der Waals surface area contributed by atoms with Crippen molar-refractivity contribution in [3.8, 4) is 0 Å². The Bertz CT molecular complexity index is 236. The number of carbonyl (C=O) groups is 1. The van der Waals surface area contributed by atoms with E-state index in [0.717, 1.165) is 0 Å². The number of hydrogen-bond donors (Lipinski definition) is 2. The quantitative estimate of drug-likeness (QED) is 0.661. The second kappa shape index (κ2) is 4.66. The van der Waals surface area contributed by atoms with E-state index in [1.165, 1.54) is 0 Å². The van der Waals surface area contributed by atoms with Crippen LogP contribution in [0.2, 0.25) is 0 Å². The molecular weight excluding hydrogens is 182 g/mol. The molecule has 12 heavy (non-hydrogen) atoms. The molecule has 0 radical (unpaired) electrons. The standard InChI is InChI=1S/C5H8ClN5O/c6-3-1-2-4(12)7-5-8-10-11-9-5/h1-3H2,(H2,7,8,9,10,11,12). The summed E-state index contributed by atoms with van der Waals surface area (Å²) in [6.45, 7) is 0. The number of aromatic amines is 1. The number of hydrogen-bond acceptors (Lipinski definition) is 4. The van der Waals surface area contributed by atoms with Crippen LogP contribution in [0, 0.1) is 0 Å². The molecule has 2 N–H and O–H groups in total. The van der Waals surface area contributed by atoms with E-state index < -0.39 is 0 Å². The summed E-state index contributed by atoms with van der Waals surface area (Å²) in [5.74, 6) is 0.506. The lowest BCUT2D eigenvalue weighted by Crippen LogP contribution is -2.12. The number of nitrogens with one attached hydrogen (secondary N) is 2. The van der Waals surface area contributed by atoms with Crippen LogP contribution in [0.25, 0.3) is 0 Å². The van der Waals surface area contributed by atoms with Crippen molar-refractivity contribution in [2.75, 3.05) is 11.2 Å². The van der Waals surface area contributed by atoms with E-state index in [0.29, 0.717) is 18.7 Å². The summed E-state index contributed by atoms with van der Waals surface area (Å²) in [7, 11) is 0. The normalized spacial score (nSPS) is 9.75. The highest BCUT2D eigenvalue weighted by atomic mass is 35.5. The fourth-order valence-electron chi connectivity index (χ4n) is 0.629. The molecule has 1 amide bonds.